The van der Waals surface area contributed by atoms with E-state index in [1.807, 2.05) is 36.4 Å². The van der Waals surface area contributed by atoms with Gasteiger partial charge in [-0.05, 0) is 61.4 Å². The van der Waals surface area contributed by atoms with Crippen LogP contribution in [0.1, 0.15) is 57.4 Å². The summed E-state index contributed by atoms with van der Waals surface area (Å²) in [7, 11) is -3.68. The third-order valence-electron chi connectivity index (χ3n) is 7.82. The third-order valence-corrected chi connectivity index (χ3v) is 9.93. The molecular formula is C30H34ClN3O4S. The lowest BCUT2D eigenvalue weighted by Crippen LogP contribution is -2.50. The van der Waals surface area contributed by atoms with E-state index in [1.54, 1.807) is 36.1 Å². The Labute approximate surface area is 235 Å². The van der Waals surface area contributed by atoms with Crippen LogP contribution in [0.3, 0.4) is 0 Å². The molecule has 2 amide bonds. The van der Waals surface area contributed by atoms with Gasteiger partial charge in [-0.3, -0.25) is 13.9 Å². The van der Waals surface area contributed by atoms with Gasteiger partial charge in [-0.2, -0.15) is 0 Å². The molecule has 1 fully saturated rings. The van der Waals surface area contributed by atoms with Crippen LogP contribution in [0.4, 0.5) is 5.69 Å². The summed E-state index contributed by atoms with van der Waals surface area (Å²) >= 11 is 6.05. The Hall–Kier alpha value is -3.10. The van der Waals surface area contributed by atoms with Gasteiger partial charge in [-0.15, -0.1) is 0 Å². The van der Waals surface area contributed by atoms with Crippen LogP contribution in [-0.4, -0.2) is 43.8 Å². The molecule has 206 valence electrons. The number of halogens is 1. The number of sulfonamides is 1. The number of carbonyl (C=O) groups is 2. The van der Waals surface area contributed by atoms with Crippen LogP contribution in [-0.2, 0) is 26.2 Å². The fraction of sp³-hybridized carbons (Fsp3) is 0.400. The first-order chi connectivity index (χ1) is 18.8. The fourth-order valence-electron chi connectivity index (χ4n) is 5.65. The molecule has 1 saturated carbocycles. The summed E-state index contributed by atoms with van der Waals surface area (Å²) in [4.78, 5) is 28.6. The first kappa shape index (κ1) is 27.5. The first-order valence-electron chi connectivity index (χ1n) is 13.6. The van der Waals surface area contributed by atoms with E-state index in [0.717, 1.165) is 42.0 Å². The molecule has 0 saturated heterocycles. The molecule has 3 aromatic carbocycles. The second kappa shape index (κ2) is 11.6. The molecule has 39 heavy (non-hydrogen) atoms. The van der Waals surface area contributed by atoms with E-state index in [0.29, 0.717) is 22.0 Å². The van der Waals surface area contributed by atoms with Gasteiger partial charge in [0.25, 0.3) is 10.0 Å². The molecule has 0 unspecified atom stereocenters. The minimum atomic E-state index is -3.68. The Morgan fingerprint density at radius 2 is 1.72 bits per heavy atom. The number of hydrogen-bond donors (Lipinski definition) is 1. The standard InChI is InChI=1S/C30H34ClN3O4S/c1-21(30(36)32-25-10-3-2-4-11-25)33(20-22-15-17-24(31)18-16-22)28(35)14-7-19-34-26-12-5-8-23-9-6-13-27(29(23)26)39(34,37)38/h5-6,8-9,12-13,15-18,21,25H,2-4,7,10-11,14,19-20H2,1H3,(H,32,36)/t21-/m0/s1. The van der Waals surface area contributed by atoms with Gasteiger partial charge in [0.2, 0.25) is 11.8 Å². The number of benzene rings is 3. The number of nitrogens with zero attached hydrogens (tertiary/aromatic N) is 2. The van der Waals surface area contributed by atoms with Crippen molar-refractivity contribution in [2.75, 3.05) is 10.8 Å². The molecular weight excluding hydrogens is 534 g/mol. The molecule has 0 bridgehead atoms. The highest BCUT2D eigenvalue weighted by molar-refractivity contribution is 7.93. The predicted octanol–water partition coefficient (Wildman–Crippen LogP) is 5.65. The van der Waals surface area contributed by atoms with Crippen LogP contribution in [0.2, 0.25) is 5.02 Å². The number of carbonyl (C=O) groups excluding carboxylic acids is 2. The van der Waals surface area contributed by atoms with Gasteiger partial charge in [-0.25, -0.2) is 8.42 Å². The molecule has 0 spiro atoms. The number of nitrogens with one attached hydrogen (secondary N) is 1. The molecule has 1 heterocycles. The van der Waals surface area contributed by atoms with Crippen molar-refractivity contribution in [3.63, 3.8) is 0 Å². The van der Waals surface area contributed by atoms with E-state index >= 15 is 0 Å². The lowest BCUT2D eigenvalue weighted by molar-refractivity contribution is -0.141. The highest BCUT2D eigenvalue weighted by Gasteiger charge is 2.35. The molecule has 7 nitrogen and oxygen atoms in total. The van der Waals surface area contributed by atoms with E-state index in [2.05, 4.69) is 5.32 Å². The van der Waals surface area contributed by atoms with Gasteiger partial charge >= 0.3 is 0 Å². The minimum absolute atomic E-state index is 0.118. The molecule has 1 aliphatic carbocycles. The summed E-state index contributed by atoms with van der Waals surface area (Å²) in [5.74, 6) is -0.350. The number of amides is 2. The molecule has 9 heteroatoms. The molecule has 5 rings (SSSR count). The molecule has 0 radical (unpaired) electrons. The van der Waals surface area contributed by atoms with Crippen LogP contribution in [0, 0.1) is 0 Å². The van der Waals surface area contributed by atoms with Crippen molar-refractivity contribution < 1.29 is 18.0 Å². The molecule has 2 aliphatic rings. The van der Waals surface area contributed by atoms with Crippen molar-refractivity contribution in [2.45, 2.75) is 75.4 Å². The minimum Gasteiger partial charge on any atom is -0.352 e. The van der Waals surface area contributed by atoms with Crippen molar-refractivity contribution in [2.24, 2.45) is 0 Å². The van der Waals surface area contributed by atoms with Crippen LogP contribution in [0.15, 0.2) is 65.6 Å². The summed E-state index contributed by atoms with van der Waals surface area (Å²) in [6.45, 7) is 2.20. The summed E-state index contributed by atoms with van der Waals surface area (Å²) in [5.41, 5.74) is 1.52. The second-order valence-electron chi connectivity index (χ2n) is 10.5. The summed E-state index contributed by atoms with van der Waals surface area (Å²) in [5, 5.41) is 5.34. The topological polar surface area (TPSA) is 86.8 Å². The zero-order chi connectivity index (χ0) is 27.6. The van der Waals surface area contributed by atoms with Gasteiger partial charge in [0, 0.05) is 36.0 Å². The van der Waals surface area contributed by atoms with Crippen molar-refractivity contribution in [1.82, 2.24) is 10.2 Å². The number of anilines is 1. The van der Waals surface area contributed by atoms with Crippen molar-refractivity contribution in [3.05, 3.63) is 71.2 Å². The van der Waals surface area contributed by atoms with Gasteiger partial charge in [0.1, 0.15) is 6.04 Å². The van der Waals surface area contributed by atoms with E-state index in [9.17, 15) is 18.0 Å². The van der Waals surface area contributed by atoms with Gasteiger partial charge < -0.3 is 10.2 Å². The Balaban J connectivity index is 1.29. The maximum Gasteiger partial charge on any atom is 0.265 e. The average Bonchev–Trinajstić information content (AvgIpc) is 3.16. The highest BCUT2D eigenvalue weighted by Crippen LogP contribution is 2.42. The average molecular weight is 568 g/mol. The smallest absolute Gasteiger partial charge is 0.265 e. The number of hydrogen-bond acceptors (Lipinski definition) is 4. The van der Waals surface area contributed by atoms with Crippen molar-refractivity contribution in [3.8, 4) is 0 Å². The van der Waals surface area contributed by atoms with Crippen LogP contribution in [0.5, 0.6) is 0 Å². The molecule has 0 aromatic heterocycles. The van der Waals surface area contributed by atoms with E-state index in [1.165, 1.54) is 10.7 Å². The normalized spacial score (nSPS) is 17.2. The van der Waals surface area contributed by atoms with Gasteiger partial charge in [0.05, 0.1) is 10.6 Å². The van der Waals surface area contributed by atoms with Crippen LogP contribution in [0.25, 0.3) is 10.8 Å². The van der Waals surface area contributed by atoms with Gasteiger partial charge in [-0.1, -0.05) is 67.3 Å². The zero-order valence-corrected chi connectivity index (χ0v) is 23.7. The Bertz CT molecular complexity index is 1460. The lowest BCUT2D eigenvalue weighted by Gasteiger charge is -2.31. The van der Waals surface area contributed by atoms with E-state index < -0.39 is 16.1 Å². The lowest BCUT2D eigenvalue weighted by atomic mass is 9.95. The van der Waals surface area contributed by atoms with Crippen molar-refractivity contribution in [1.29, 1.82) is 0 Å². The van der Waals surface area contributed by atoms with E-state index in [-0.39, 0.29) is 37.4 Å². The summed E-state index contributed by atoms with van der Waals surface area (Å²) in [6, 6.07) is 17.6. The Morgan fingerprint density at radius 3 is 2.44 bits per heavy atom. The first-order valence-corrected chi connectivity index (χ1v) is 15.5. The number of rotatable bonds is 9. The quantitative estimate of drug-likeness (QED) is 0.362. The third kappa shape index (κ3) is 5.77. The molecule has 1 N–H and O–H groups in total. The largest absolute Gasteiger partial charge is 0.352 e. The molecule has 1 atom stereocenters. The highest BCUT2D eigenvalue weighted by atomic mass is 35.5. The maximum absolute atomic E-state index is 13.5. The maximum atomic E-state index is 13.5. The summed E-state index contributed by atoms with van der Waals surface area (Å²) < 4.78 is 28.0. The fourth-order valence-corrected chi connectivity index (χ4v) is 7.53. The molecule has 3 aromatic rings. The predicted molar refractivity (Wildman–Crippen MR) is 154 cm³/mol. The second-order valence-corrected chi connectivity index (χ2v) is 12.7. The van der Waals surface area contributed by atoms with Crippen molar-refractivity contribution >= 4 is 49.9 Å². The Morgan fingerprint density at radius 1 is 1.03 bits per heavy atom. The molecule has 1 aliphatic heterocycles. The van der Waals surface area contributed by atoms with Crippen LogP contribution >= 0.6 is 11.6 Å². The van der Waals surface area contributed by atoms with E-state index in [4.69, 9.17) is 11.6 Å². The Kier molecular flexibility index (Phi) is 8.14. The van der Waals surface area contributed by atoms with Gasteiger partial charge in [0.15, 0.2) is 0 Å². The monoisotopic (exact) mass is 567 g/mol. The SMILES string of the molecule is C[C@@H](C(=O)NC1CCCCC1)N(Cc1ccc(Cl)cc1)C(=O)CCCN1c2cccc3cccc(c23)S1(=O)=O. The summed E-state index contributed by atoms with van der Waals surface area (Å²) in [6.07, 6.45) is 5.76. The van der Waals surface area contributed by atoms with Crippen LogP contribution < -0.4 is 9.62 Å². The zero-order valence-electron chi connectivity index (χ0n) is 22.1.